The van der Waals surface area contributed by atoms with Gasteiger partial charge in [-0.05, 0) is 19.1 Å². The van der Waals surface area contributed by atoms with Gasteiger partial charge in [0.2, 0.25) is 0 Å². The first-order valence-corrected chi connectivity index (χ1v) is 5.37. The van der Waals surface area contributed by atoms with E-state index in [1.54, 1.807) is 0 Å². The van der Waals surface area contributed by atoms with Gasteiger partial charge in [-0.15, -0.1) is 0 Å². The molecule has 0 aliphatic carbocycles. The Kier molecular flexibility index (Phi) is 3.75. The Morgan fingerprint density at radius 3 is 2.13 bits per heavy atom. The van der Waals surface area contributed by atoms with Crippen LogP contribution in [0.5, 0.6) is 5.75 Å². The van der Waals surface area contributed by atoms with Crippen LogP contribution in [-0.2, 0) is 0 Å². The lowest BCUT2D eigenvalue weighted by atomic mass is 9.89. The molecule has 0 aliphatic rings. The Hall–Kier alpha value is -1.02. The van der Waals surface area contributed by atoms with E-state index in [1.807, 2.05) is 24.3 Å². The van der Waals surface area contributed by atoms with Crippen LogP contribution in [0, 0.1) is 12.3 Å². The molecule has 84 valence electrons. The summed E-state index contributed by atoms with van der Waals surface area (Å²) in [5.41, 5.74) is 7.02. The molecule has 2 heteroatoms. The summed E-state index contributed by atoms with van der Waals surface area (Å²) in [5, 5.41) is 0. The van der Waals surface area contributed by atoms with E-state index in [1.165, 1.54) is 5.56 Å². The predicted octanol–water partition coefficient (Wildman–Crippen LogP) is 2.75. The van der Waals surface area contributed by atoms with Crippen molar-refractivity contribution >= 4 is 0 Å². The summed E-state index contributed by atoms with van der Waals surface area (Å²) in [6.07, 6.45) is 0.0557. The van der Waals surface area contributed by atoms with Crippen molar-refractivity contribution in [1.29, 1.82) is 0 Å². The number of rotatable bonds is 3. The molecule has 0 spiro atoms. The summed E-state index contributed by atoms with van der Waals surface area (Å²) in [6.45, 7) is 9.02. The molecule has 0 aliphatic heterocycles. The van der Waals surface area contributed by atoms with Gasteiger partial charge >= 0.3 is 0 Å². The Morgan fingerprint density at radius 1 is 1.20 bits per heavy atom. The van der Waals surface area contributed by atoms with Crippen molar-refractivity contribution in [1.82, 2.24) is 0 Å². The molecule has 0 saturated heterocycles. The van der Waals surface area contributed by atoms with Gasteiger partial charge < -0.3 is 10.5 Å². The second-order valence-electron chi connectivity index (χ2n) is 5.02. The van der Waals surface area contributed by atoms with Crippen LogP contribution >= 0.6 is 0 Å². The van der Waals surface area contributed by atoms with E-state index in [9.17, 15) is 0 Å². The fraction of sp³-hybridized carbons (Fsp3) is 0.538. The Labute approximate surface area is 92.4 Å². The van der Waals surface area contributed by atoms with Gasteiger partial charge in [0.05, 0.1) is 0 Å². The minimum atomic E-state index is 0.0557. The van der Waals surface area contributed by atoms with Crippen molar-refractivity contribution in [3.8, 4) is 5.75 Å². The highest BCUT2D eigenvalue weighted by molar-refractivity contribution is 5.26. The lowest BCUT2D eigenvalue weighted by molar-refractivity contribution is 0.0942. The van der Waals surface area contributed by atoms with Gasteiger partial charge in [-0.3, -0.25) is 0 Å². The predicted molar refractivity (Wildman–Crippen MR) is 64.1 cm³/mol. The van der Waals surface area contributed by atoms with Crippen LogP contribution in [0.1, 0.15) is 26.3 Å². The first-order chi connectivity index (χ1) is 6.93. The van der Waals surface area contributed by atoms with Crippen molar-refractivity contribution in [3.05, 3.63) is 29.8 Å². The largest absolute Gasteiger partial charge is 0.489 e. The highest BCUT2D eigenvalue weighted by atomic mass is 16.5. The molecule has 0 fully saturated rings. The first kappa shape index (κ1) is 12.1. The molecule has 1 atom stereocenters. The summed E-state index contributed by atoms with van der Waals surface area (Å²) in [4.78, 5) is 0. The minimum absolute atomic E-state index is 0.0557. The lowest BCUT2D eigenvalue weighted by Crippen LogP contribution is -2.38. The van der Waals surface area contributed by atoms with E-state index in [0.717, 1.165) is 5.75 Å². The second-order valence-corrected chi connectivity index (χ2v) is 5.02. The van der Waals surface area contributed by atoms with E-state index in [4.69, 9.17) is 10.5 Å². The molecule has 15 heavy (non-hydrogen) atoms. The van der Waals surface area contributed by atoms with Crippen molar-refractivity contribution in [2.45, 2.75) is 33.8 Å². The normalized spacial score (nSPS) is 13.7. The van der Waals surface area contributed by atoms with E-state index in [2.05, 4.69) is 27.7 Å². The number of benzene rings is 1. The molecule has 0 aromatic heterocycles. The highest BCUT2D eigenvalue weighted by Crippen LogP contribution is 2.24. The van der Waals surface area contributed by atoms with Gasteiger partial charge in [0.25, 0.3) is 0 Å². The van der Waals surface area contributed by atoms with Crippen LogP contribution in [0.25, 0.3) is 0 Å². The topological polar surface area (TPSA) is 35.2 Å². The molecule has 0 radical (unpaired) electrons. The molecule has 0 heterocycles. The number of ether oxygens (including phenoxy) is 1. The zero-order chi connectivity index (χ0) is 11.5. The number of aryl methyl sites for hydroxylation is 1. The fourth-order valence-electron chi connectivity index (χ4n) is 1.36. The van der Waals surface area contributed by atoms with Gasteiger partial charge in [0.1, 0.15) is 11.9 Å². The Morgan fingerprint density at radius 2 is 1.73 bits per heavy atom. The van der Waals surface area contributed by atoms with Crippen molar-refractivity contribution in [2.75, 3.05) is 6.54 Å². The van der Waals surface area contributed by atoms with Crippen molar-refractivity contribution in [2.24, 2.45) is 11.1 Å². The van der Waals surface area contributed by atoms with Crippen LogP contribution in [0.2, 0.25) is 0 Å². The molecular weight excluding hydrogens is 186 g/mol. The van der Waals surface area contributed by atoms with E-state index in [0.29, 0.717) is 6.54 Å². The quantitative estimate of drug-likeness (QED) is 0.827. The van der Waals surface area contributed by atoms with Crippen molar-refractivity contribution in [3.63, 3.8) is 0 Å². The smallest absolute Gasteiger partial charge is 0.119 e. The number of hydrogen-bond donors (Lipinski definition) is 1. The van der Waals surface area contributed by atoms with Gasteiger partial charge in [0, 0.05) is 12.0 Å². The molecule has 2 nitrogen and oxygen atoms in total. The standard InChI is InChI=1S/C13H21NO/c1-10-5-7-11(8-6-10)15-12(9-14)13(2,3)4/h5-8,12H,9,14H2,1-4H3. The monoisotopic (exact) mass is 207 g/mol. The molecule has 0 bridgehead atoms. The maximum Gasteiger partial charge on any atom is 0.119 e. The molecule has 1 aromatic carbocycles. The second kappa shape index (κ2) is 4.67. The third-order valence-electron chi connectivity index (χ3n) is 2.48. The number of nitrogens with two attached hydrogens (primary N) is 1. The van der Waals surface area contributed by atoms with Crippen LogP contribution in [0.4, 0.5) is 0 Å². The lowest BCUT2D eigenvalue weighted by Gasteiger charge is -2.30. The van der Waals surface area contributed by atoms with Crippen LogP contribution in [-0.4, -0.2) is 12.6 Å². The zero-order valence-corrected chi connectivity index (χ0v) is 10.1. The molecule has 1 unspecified atom stereocenters. The van der Waals surface area contributed by atoms with E-state index >= 15 is 0 Å². The van der Waals surface area contributed by atoms with Gasteiger partial charge in [-0.25, -0.2) is 0 Å². The fourth-order valence-corrected chi connectivity index (χ4v) is 1.36. The third-order valence-corrected chi connectivity index (χ3v) is 2.48. The van der Waals surface area contributed by atoms with Gasteiger partial charge in [0.15, 0.2) is 0 Å². The maximum atomic E-state index is 5.86. The van der Waals surface area contributed by atoms with Gasteiger partial charge in [-0.1, -0.05) is 38.5 Å². The summed E-state index contributed by atoms with van der Waals surface area (Å²) in [6, 6.07) is 8.07. The molecule has 0 saturated carbocycles. The summed E-state index contributed by atoms with van der Waals surface area (Å²) in [7, 11) is 0. The summed E-state index contributed by atoms with van der Waals surface area (Å²) >= 11 is 0. The minimum Gasteiger partial charge on any atom is -0.489 e. The van der Waals surface area contributed by atoms with Crippen LogP contribution in [0.3, 0.4) is 0 Å². The molecule has 1 rings (SSSR count). The molecule has 1 aromatic rings. The molecular formula is C13H21NO. The maximum absolute atomic E-state index is 5.86. The molecule has 2 N–H and O–H groups in total. The average Bonchev–Trinajstić information content (AvgIpc) is 2.15. The SMILES string of the molecule is Cc1ccc(OC(CN)C(C)(C)C)cc1. The third kappa shape index (κ3) is 3.56. The highest BCUT2D eigenvalue weighted by Gasteiger charge is 2.24. The summed E-state index contributed by atoms with van der Waals surface area (Å²) < 4.78 is 5.86. The Balaban J connectivity index is 2.71. The van der Waals surface area contributed by atoms with E-state index in [-0.39, 0.29) is 11.5 Å². The van der Waals surface area contributed by atoms with Gasteiger partial charge in [-0.2, -0.15) is 0 Å². The average molecular weight is 207 g/mol. The van der Waals surface area contributed by atoms with Crippen LogP contribution in [0.15, 0.2) is 24.3 Å². The van der Waals surface area contributed by atoms with Crippen LogP contribution < -0.4 is 10.5 Å². The Bertz CT molecular complexity index is 297. The van der Waals surface area contributed by atoms with E-state index < -0.39 is 0 Å². The zero-order valence-electron chi connectivity index (χ0n) is 10.1. The first-order valence-electron chi connectivity index (χ1n) is 5.37. The molecule has 0 amide bonds. The van der Waals surface area contributed by atoms with Crippen molar-refractivity contribution < 1.29 is 4.74 Å². The number of hydrogen-bond acceptors (Lipinski definition) is 2. The summed E-state index contributed by atoms with van der Waals surface area (Å²) in [5.74, 6) is 0.894.